The van der Waals surface area contributed by atoms with E-state index in [0.717, 1.165) is 5.70 Å². The van der Waals surface area contributed by atoms with Crippen molar-refractivity contribution in [1.29, 1.82) is 5.26 Å². The molecule has 0 radical (unpaired) electrons. The monoisotopic (exact) mass is 205 g/mol. The Balaban J connectivity index is 2.32. The van der Waals surface area contributed by atoms with E-state index < -0.39 is 0 Å². The molecule has 0 bridgehead atoms. The number of aliphatic imine (C=N–C) groups is 1. The highest BCUT2D eigenvalue weighted by molar-refractivity contribution is 8.15. The number of nitriles is 1. The Labute approximate surface area is 85.4 Å². The average Bonchev–Trinajstić information content (AvgIpc) is 2.50. The molecular weight excluding hydrogens is 198 g/mol. The summed E-state index contributed by atoms with van der Waals surface area (Å²) in [4.78, 5) is 14.5. The largest absolute Gasteiger partial charge is 0.234 e. The fraction of sp³-hybridized carbons (Fsp3) is 0.333. The second-order valence-electron chi connectivity index (χ2n) is 3.00. The van der Waals surface area contributed by atoms with E-state index in [1.165, 1.54) is 11.8 Å². The van der Waals surface area contributed by atoms with Crippen molar-refractivity contribution in [1.82, 2.24) is 0 Å². The van der Waals surface area contributed by atoms with E-state index in [1.807, 2.05) is 18.2 Å². The maximum absolute atomic E-state index is 10.4. The first-order valence-corrected chi connectivity index (χ1v) is 5.07. The van der Waals surface area contributed by atoms with Gasteiger partial charge in [-0.3, -0.25) is 0 Å². The zero-order chi connectivity index (χ0) is 9.97. The summed E-state index contributed by atoms with van der Waals surface area (Å²) in [7, 11) is 0. The predicted octanol–water partition coefficient (Wildman–Crippen LogP) is 2.00. The van der Waals surface area contributed by atoms with E-state index in [-0.39, 0.29) is 11.3 Å². The summed E-state index contributed by atoms with van der Waals surface area (Å²) >= 11 is 1.41. The van der Waals surface area contributed by atoms with Gasteiger partial charge in [0.15, 0.2) is 5.04 Å². The molecule has 0 fully saturated rings. The predicted molar refractivity (Wildman–Crippen MR) is 55.9 cm³/mol. The normalized spacial score (nSPS) is 29.6. The van der Waals surface area contributed by atoms with E-state index in [0.29, 0.717) is 11.5 Å². The van der Waals surface area contributed by atoms with Crippen LogP contribution in [0.4, 0.5) is 0 Å². The van der Waals surface area contributed by atoms with Gasteiger partial charge in [-0.15, -0.1) is 0 Å². The van der Waals surface area contributed by atoms with E-state index >= 15 is 0 Å². The Hall–Kier alpha value is -1.41. The molecule has 0 aromatic rings. The molecule has 4 nitrogen and oxygen atoms in total. The van der Waals surface area contributed by atoms with Crippen LogP contribution in [-0.4, -0.2) is 16.3 Å². The van der Waals surface area contributed by atoms with Crippen LogP contribution in [-0.2, 0) is 0 Å². The molecule has 70 valence electrons. The summed E-state index contributed by atoms with van der Waals surface area (Å²) < 4.78 is 0. The minimum Gasteiger partial charge on any atom is -0.234 e. The molecule has 14 heavy (non-hydrogen) atoms. The lowest BCUT2D eigenvalue weighted by molar-refractivity contribution is 0.825. The van der Waals surface area contributed by atoms with Crippen LogP contribution in [0.3, 0.4) is 0 Å². The average molecular weight is 205 g/mol. The first kappa shape index (κ1) is 9.16. The van der Waals surface area contributed by atoms with Crippen LogP contribution < -0.4 is 0 Å². The minimum atomic E-state index is -0.339. The smallest absolute Gasteiger partial charge is 0.175 e. The molecule has 0 saturated heterocycles. The Kier molecular flexibility index (Phi) is 2.46. The van der Waals surface area contributed by atoms with Crippen molar-refractivity contribution in [2.24, 2.45) is 10.2 Å². The number of rotatable bonds is 1. The van der Waals surface area contributed by atoms with Gasteiger partial charge in [0.25, 0.3) is 0 Å². The van der Waals surface area contributed by atoms with Gasteiger partial charge in [-0.05, 0) is 12.5 Å². The lowest BCUT2D eigenvalue weighted by Crippen LogP contribution is -1.98. The lowest BCUT2D eigenvalue weighted by Gasteiger charge is -2.00. The van der Waals surface area contributed by atoms with E-state index in [4.69, 9.17) is 5.26 Å². The Morgan fingerprint density at radius 3 is 3.29 bits per heavy atom. The molecule has 2 rings (SSSR count). The van der Waals surface area contributed by atoms with E-state index in [2.05, 4.69) is 10.2 Å². The van der Waals surface area contributed by atoms with Crippen LogP contribution in [0, 0.1) is 16.2 Å². The number of thioether (sulfide) groups is 1. The topological polar surface area (TPSA) is 65.6 Å². The lowest BCUT2D eigenvalue weighted by atomic mass is 10.2. The molecule has 0 spiro atoms. The van der Waals surface area contributed by atoms with Gasteiger partial charge in [-0.2, -0.15) is 10.2 Å². The maximum Gasteiger partial charge on any atom is 0.175 e. The van der Waals surface area contributed by atoms with Gasteiger partial charge >= 0.3 is 0 Å². The molecule has 0 aromatic heterocycles. The van der Waals surface area contributed by atoms with Crippen LogP contribution in [0.15, 0.2) is 34.1 Å². The molecule has 2 aliphatic rings. The zero-order valence-corrected chi connectivity index (χ0v) is 8.07. The Bertz CT molecular complexity index is 391. The van der Waals surface area contributed by atoms with Gasteiger partial charge in [-0.1, -0.05) is 29.1 Å². The molecular formula is C9H7N3OS. The van der Waals surface area contributed by atoms with Gasteiger partial charge in [0, 0.05) is 0 Å². The van der Waals surface area contributed by atoms with Crippen molar-refractivity contribution in [3.05, 3.63) is 28.8 Å². The summed E-state index contributed by atoms with van der Waals surface area (Å²) in [5.74, 6) is 0. The third kappa shape index (κ3) is 1.61. The molecule has 1 heterocycles. The third-order valence-electron chi connectivity index (χ3n) is 2.04. The van der Waals surface area contributed by atoms with Crippen LogP contribution in [0.2, 0.25) is 0 Å². The van der Waals surface area contributed by atoms with Gasteiger partial charge in [0.2, 0.25) is 0 Å². The number of nitrogens with zero attached hydrogens (tertiary/aromatic N) is 3. The molecule has 2 atom stereocenters. The third-order valence-corrected chi connectivity index (χ3v) is 3.10. The summed E-state index contributed by atoms with van der Waals surface area (Å²) in [5, 5.41) is 12.2. The van der Waals surface area contributed by atoms with Crippen molar-refractivity contribution in [3.8, 4) is 6.07 Å². The Morgan fingerprint density at radius 2 is 2.57 bits per heavy atom. The second-order valence-corrected chi connectivity index (χ2v) is 4.13. The first-order chi connectivity index (χ1) is 6.83. The molecule has 0 N–H and O–H groups in total. The van der Waals surface area contributed by atoms with Crippen LogP contribution in [0.25, 0.3) is 0 Å². The summed E-state index contributed by atoms with van der Waals surface area (Å²) in [6.45, 7) is 0. The second kappa shape index (κ2) is 3.76. The molecule has 0 aromatic carbocycles. The van der Waals surface area contributed by atoms with Crippen molar-refractivity contribution in [2.45, 2.75) is 17.7 Å². The highest BCUT2D eigenvalue weighted by Gasteiger charge is 2.25. The summed E-state index contributed by atoms with van der Waals surface area (Å²) in [6, 6.07) is 1.66. The highest BCUT2D eigenvalue weighted by Crippen LogP contribution is 2.33. The molecule has 1 aliphatic carbocycles. The highest BCUT2D eigenvalue weighted by atomic mass is 32.2. The number of hydrogen-bond acceptors (Lipinski definition) is 5. The van der Waals surface area contributed by atoms with Crippen LogP contribution in [0.1, 0.15) is 6.42 Å². The quantitative estimate of drug-likeness (QED) is 0.485. The van der Waals surface area contributed by atoms with Gasteiger partial charge in [0.05, 0.1) is 10.9 Å². The number of fused-ring (bicyclic) bond motifs is 1. The van der Waals surface area contributed by atoms with Crippen molar-refractivity contribution in [3.63, 3.8) is 0 Å². The molecule has 1 aliphatic heterocycles. The Morgan fingerprint density at radius 1 is 1.71 bits per heavy atom. The van der Waals surface area contributed by atoms with Gasteiger partial charge < -0.3 is 0 Å². The van der Waals surface area contributed by atoms with Crippen molar-refractivity contribution >= 4 is 16.8 Å². The SMILES string of the molecule is N#CC1=NC2=C[C@H](N=O)CC=C[C@@H]2S1. The summed E-state index contributed by atoms with van der Waals surface area (Å²) in [5.41, 5.74) is 0.782. The van der Waals surface area contributed by atoms with E-state index in [1.54, 1.807) is 6.08 Å². The molecule has 0 saturated carbocycles. The maximum atomic E-state index is 10.4. The molecule has 5 heteroatoms. The van der Waals surface area contributed by atoms with Gasteiger partial charge in [0.1, 0.15) is 12.1 Å². The summed E-state index contributed by atoms with van der Waals surface area (Å²) in [6.07, 6.45) is 6.26. The fourth-order valence-corrected chi connectivity index (χ4v) is 2.28. The van der Waals surface area contributed by atoms with E-state index in [9.17, 15) is 4.91 Å². The van der Waals surface area contributed by atoms with Gasteiger partial charge in [-0.25, -0.2) is 4.99 Å². The molecule has 0 amide bonds. The van der Waals surface area contributed by atoms with Crippen molar-refractivity contribution in [2.75, 3.05) is 0 Å². The minimum absolute atomic E-state index is 0.0939. The standard InChI is InChI=1S/C9H7N3OS/c10-5-9-11-7-4-6(12-13)2-1-3-8(7)14-9/h1,3-4,6,8H,2H2/t6-,8+/m1/s1. The van der Waals surface area contributed by atoms with Crippen LogP contribution >= 0.6 is 11.8 Å². The fourth-order valence-electron chi connectivity index (χ4n) is 1.39. The number of nitroso groups, excluding NO2 is 1. The first-order valence-electron chi connectivity index (χ1n) is 4.20. The molecule has 0 unspecified atom stereocenters. The van der Waals surface area contributed by atoms with Crippen molar-refractivity contribution < 1.29 is 0 Å². The number of hydrogen-bond donors (Lipinski definition) is 0. The zero-order valence-electron chi connectivity index (χ0n) is 7.25. The van der Waals surface area contributed by atoms with Crippen LogP contribution in [0.5, 0.6) is 0 Å².